The molecule has 0 fully saturated rings. The Morgan fingerprint density at radius 1 is 1.47 bits per heavy atom. The summed E-state index contributed by atoms with van der Waals surface area (Å²) in [5.74, 6) is 0.495. The number of hydrogen-bond acceptors (Lipinski definition) is 3. The number of hydrogen-bond donors (Lipinski definition) is 2. The van der Waals surface area contributed by atoms with Crippen LogP contribution >= 0.6 is 11.8 Å². The molecule has 15 heavy (non-hydrogen) atoms. The second kappa shape index (κ2) is 8.59. The first-order valence-electron chi connectivity index (χ1n) is 5.13. The van der Waals surface area contributed by atoms with E-state index in [2.05, 4.69) is 5.32 Å². The molecule has 3 N–H and O–H groups in total. The first-order chi connectivity index (χ1) is 7.07. The summed E-state index contributed by atoms with van der Waals surface area (Å²) >= 11 is 1.76. The molecule has 1 atom stereocenters. The minimum atomic E-state index is -0.342. The van der Waals surface area contributed by atoms with E-state index >= 15 is 0 Å². The third-order valence-electron chi connectivity index (χ3n) is 2.14. The summed E-state index contributed by atoms with van der Waals surface area (Å²) in [5.41, 5.74) is 5.09. The van der Waals surface area contributed by atoms with Crippen molar-refractivity contribution in [3.05, 3.63) is 0 Å². The number of rotatable bonds is 8. The van der Waals surface area contributed by atoms with E-state index in [1.54, 1.807) is 18.7 Å². The summed E-state index contributed by atoms with van der Waals surface area (Å²) in [7, 11) is 0. The zero-order chi connectivity index (χ0) is 11.7. The molecule has 0 aliphatic carbocycles. The molecule has 0 heterocycles. The number of amides is 2. The molecule has 0 aliphatic heterocycles. The van der Waals surface area contributed by atoms with E-state index in [1.165, 1.54) is 0 Å². The smallest absolute Gasteiger partial charge is 0.220 e. The second-order valence-corrected chi connectivity index (χ2v) is 4.52. The zero-order valence-electron chi connectivity index (χ0n) is 9.41. The first kappa shape index (κ1) is 14.3. The molecule has 2 amide bonds. The molecular formula is C10H20N2O2S. The maximum absolute atomic E-state index is 11.3. The van der Waals surface area contributed by atoms with Gasteiger partial charge in [-0.05, 0) is 24.9 Å². The lowest BCUT2D eigenvalue weighted by Crippen LogP contribution is -2.27. The largest absolute Gasteiger partial charge is 0.369 e. The van der Waals surface area contributed by atoms with Gasteiger partial charge < -0.3 is 11.1 Å². The Hall–Kier alpha value is -0.710. The van der Waals surface area contributed by atoms with Crippen LogP contribution in [0.3, 0.4) is 0 Å². The van der Waals surface area contributed by atoms with Crippen LogP contribution in [0.2, 0.25) is 0 Å². The molecule has 0 radical (unpaired) electrons. The van der Waals surface area contributed by atoms with Gasteiger partial charge in [-0.3, -0.25) is 9.59 Å². The summed E-state index contributed by atoms with van der Waals surface area (Å²) in [6.07, 6.45) is 3.93. The van der Waals surface area contributed by atoms with Crippen molar-refractivity contribution in [2.24, 2.45) is 11.7 Å². The summed E-state index contributed by atoms with van der Waals surface area (Å²) in [4.78, 5) is 22.0. The Kier molecular flexibility index (Phi) is 8.18. The van der Waals surface area contributed by atoms with Crippen LogP contribution in [-0.2, 0) is 9.59 Å². The highest BCUT2D eigenvalue weighted by Gasteiger charge is 2.10. The molecular weight excluding hydrogens is 212 g/mol. The summed E-state index contributed by atoms with van der Waals surface area (Å²) in [6.45, 7) is 2.45. The minimum Gasteiger partial charge on any atom is -0.369 e. The van der Waals surface area contributed by atoms with Crippen LogP contribution in [0, 0.1) is 5.92 Å². The lowest BCUT2D eigenvalue weighted by Gasteiger charge is -2.07. The molecule has 0 aliphatic rings. The maximum Gasteiger partial charge on any atom is 0.220 e. The lowest BCUT2D eigenvalue weighted by atomic mass is 10.1. The van der Waals surface area contributed by atoms with Crippen LogP contribution in [0.1, 0.15) is 26.2 Å². The van der Waals surface area contributed by atoms with Gasteiger partial charge in [-0.1, -0.05) is 6.92 Å². The van der Waals surface area contributed by atoms with Crippen LogP contribution in [-0.4, -0.2) is 30.4 Å². The van der Waals surface area contributed by atoms with Gasteiger partial charge >= 0.3 is 0 Å². The molecule has 0 saturated heterocycles. The average molecular weight is 232 g/mol. The summed E-state index contributed by atoms with van der Waals surface area (Å²) < 4.78 is 0. The lowest BCUT2D eigenvalue weighted by molar-refractivity contribution is -0.123. The topological polar surface area (TPSA) is 72.2 Å². The Morgan fingerprint density at radius 3 is 2.67 bits per heavy atom. The van der Waals surface area contributed by atoms with Crippen molar-refractivity contribution < 1.29 is 9.59 Å². The first-order valence-corrected chi connectivity index (χ1v) is 6.52. The Morgan fingerprint density at radius 2 is 2.13 bits per heavy atom. The van der Waals surface area contributed by atoms with Gasteiger partial charge in [-0.2, -0.15) is 11.8 Å². The zero-order valence-corrected chi connectivity index (χ0v) is 10.2. The molecule has 0 aromatic rings. The quantitative estimate of drug-likeness (QED) is 0.607. The Bertz CT molecular complexity index is 210. The molecule has 0 unspecified atom stereocenters. The second-order valence-electron chi connectivity index (χ2n) is 3.54. The fraction of sp³-hybridized carbons (Fsp3) is 0.800. The fourth-order valence-electron chi connectivity index (χ4n) is 1.02. The number of nitrogens with one attached hydrogen (secondary N) is 1. The third kappa shape index (κ3) is 8.30. The van der Waals surface area contributed by atoms with E-state index in [1.807, 2.05) is 6.26 Å². The van der Waals surface area contributed by atoms with Crippen LogP contribution in [0.25, 0.3) is 0 Å². The van der Waals surface area contributed by atoms with E-state index in [0.717, 1.165) is 12.2 Å². The monoisotopic (exact) mass is 232 g/mol. The number of carbonyl (C=O) groups is 2. The molecule has 0 bridgehead atoms. The van der Waals surface area contributed by atoms with Crippen molar-refractivity contribution in [2.45, 2.75) is 26.2 Å². The van der Waals surface area contributed by atoms with E-state index in [-0.39, 0.29) is 17.7 Å². The molecule has 0 saturated carbocycles. The van der Waals surface area contributed by atoms with Crippen LogP contribution < -0.4 is 11.1 Å². The van der Waals surface area contributed by atoms with Crippen LogP contribution in [0.15, 0.2) is 0 Å². The molecule has 0 aromatic heterocycles. The molecule has 5 heteroatoms. The van der Waals surface area contributed by atoms with Gasteiger partial charge in [0, 0.05) is 18.9 Å². The molecule has 0 rings (SSSR count). The van der Waals surface area contributed by atoms with Crippen molar-refractivity contribution in [1.29, 1.82) is 0 Å². The predicted octanol–water partition coefficient (Wildman–Crippen LogP) is 0.757. The van der Waals surface area contributed by atoms with Crippen molar-refractivity contribution in [3.8, 4) is 0 Å². The van der Waals surface area contributed by atoms with Crippen molar-refractivity contribution >= 4 is 23.6 Å². The van der Waals surface area contributed by atoms with Gasteiger partial charge in [0.05, 0.1) is 0 Å². The third-order valence-corrected chi connectivity index (χ3v) is 2.83. The van der Waals surface area contributed by atoms with Crippen LogP contribution in [0.4, 0.5) is 0 Å². The normalized spacial score (nSPS) is 12.1. The van der Waals surface area contributed by atoms with Gasteiger partial charge in [-0.15, -0.1) is 0 Å². The van der Waals surface area contributed by atoms with Gasteiger partial charge in [0.25, 0.3) is 0 Å². The molecule has 88 valence electrons. The van der Waals surface area contributed by atoms with Crippen molar-refractivity contribution in [1.82, 2.24) is 5.32 Å². The number of nitrogens with two attached hydrogens (primary N) is 1. The van der Waals surface area contributed by atoms with Gasteiger partial charge in [0.15, 0.2) is 0 Å². The Labute approximate surface area is 95.4 Å². The standard InChI is InChI=1S/C10H20N2O2S/c1-8(10(11)14)4-5-9(13)12-6-3-7-15-2/h8H,3-7H2,1-2H3,(H2,11,14)(H,12,13)/t8-/m0/s1. The van der Waals surface area contributed by atoms with Crippen molar-refractivity contribution in [3.63, 3.8) is 0 Å². The number of primary amides is 1. The molecule has 0 aromatic carbocycles. The average Bonchev–Trinajstić information content (AvgIpc) is 2.20. The number of carbonyl (C=O) groups excluding carboxylic acids is 2. The minimum absolute atomic E-state index is 0.00389. The molecule has 4 nitrogen and oxygen atoms in total. The van der Waals surface area contributed by atoms with Gasteiger partial charge in [0.1, 0.15) is 0 Å². The predicted molar refractivity (Wildman–Crippen MR) is 63.6 cm³/mol. The van der Waals surface area contributed by atoms with E-state index < -0.39 is 0 Å². The highest BCUT2D eigenvalue weighted by atomic mass is 32.2. The maximum atomic E-state index is 11.3. The Balaban J connectivity index is 3.45. The van der Waals surface area contributed by atoms with E-state index in [0.29, 0.717) is 19.4 Å². The van der Waals surface area contributed by atoms with E-state index in [4.69, 9.17) is 5.73 Å². The van der Waals surface area contributed by atoms with Crippen molar-refractivity contribution in [2.75, 3.05) is 18.6 Å². The highest BCUT2D eigenvalue weighted by Crippen LogP contribution is 2.04. The van der Waals surface area contributed by atoms with E-state index in [9.17, 15) is 9.59 Å². The summed E-state index contributed by atoms with van der Waals surface area (Å²) in [5, 5.41) is 2.81. The fourth-order valence-corrected chi connectivity index (χ4v) is 1.46. The number of thioether (sulfide) groups is 1. The van der Waals surface area contributed by atoms with Crippen LogP contribution in [0.5, 0.6) is 0 Å². The molecule has 0 spiro atoms. The van der Waals surface area contributed by atoms with Gasteiger partial charge in [-0.25, -0.2) is 0 Å². The SMILES string of the molecule is CSCCCNC(=O)CC[C@H](C)C(N)=O. The highest BCUT2D eigenvalue weighted by molar-refractivity contribution is 7.98. The van der Waals surface area contributed by atoms with Gasteiger partial charge in [0.2, 0.25) is 11.8 Å². The summed E-state index contributed by atoms with van der Waals surface area (Å²) in [6, 6.07) is 0.